The molecule has 0 saturated carbocycles. The molecule has 0 fully saturated rings. The lowest BCUT2D eigenvalue weighted by atomic mass is 9.92. The van der Waals surface area contributed by atoms with Gasteiger partial charge in [-0.1, -0.05) is 20.8 Å². The Morgan fingerprint density at radius 1 is 1.45 bits per heavy atom. The van der Waals surface area contributed by atoms with E-state index in [9.17, 15) is 4.79 Å². The minimum atomic E-state index is -0.111. The van der Waals surface area contributed by atoms with Crippen molar-refractivity contribution in [1.29, 1.82) is 0 Å². The molecule has 0 N–H and O–H groups in total. The summed E-state index contributed by atoms with van der Waals surface area (Å²) in [6.45, 7) is 5.90. The van der Waals surface area contributed by atoms with Crippen LogP contribution in [0.25, 0.3) is 0 Å². The van der Waals surface area contributed by atoms with Crippen LogP contribution in [0.4, 0.5) is 0 Å². The minimum absolute atomic E-state index is 0.0934. The number of nitrogens with zero attached hydrogens (tertiary/aromatic N) is 1. The number of carbonyl (C=O) groups is 1. The average molecular weight is 158 g/mol. The summed E-state index contributed by atoms with van der Waals surface area (Å²) < 4.78 is 0. The van der Waals surface area contributed by atoms with Crippen molar-refractivity contribution in [3.8, 4) is 0 Å². The zero-order valence-electron chi connectivity index (χ0n) is 7.84. The summed E-state index contributed by atoms with van der Waals surface area (Å²) in [5.74, 6) is -0.111. The Labute approximate surface area is 68.3 Å². The first-order valence-corrected chi connectivity index (χ1v) is 3.54. The topological polar surface area (TPSA) is 29.5 Å². The molecule has 0 aromatic carbocycles. The molecule has 0 atom stereocenters. The minimum Gasteiger partial charge on any atom is -0.275 e. The second kappa shape index (κ2) is 3.72. The molecule has 0 rings (SSSR count). The summed E-state index contributed by atoms with van der Waals surface area (Å²) in [7, 11) is 3.05. The lowest BCUT2D eigenvalue weighted by Gasteiger charge is -2.20. The smallest absolute Gasteiger partial charge is 0.250 e. The van der Waals surface area contributed by atoms with Crippen LogP contribution in [0.1, 0.15) is 20.8 Å². The predicted octanol–water partition coefficient (Wildman–Crippen LogP) is 1.26. The van der Waals surface area contributed by atoms with Crippen LogP contribution in [0.15, 0.2) is 0 Å². The molecule has 0 unspecified atom stereocenters. The molecule has 1 radical (unpaired) electrons. The molecule has 1 amide bonds. The predicted molar refractivity (Wildman–Crippen MR) is 43.5 cm³/mol. The van der Waals surface area contributed by atoms with Gasteiger partial charge in [0, 0.05) is 7.05 Å². The Morgan fingerprint density at radius 2 is 1.91 bits per heavy atom. The summed E-state index contributed by atoms with van der Waals surface area (Å²) in [5, 5.41) is 1.20. The summed E-state index contributed by atoms with van der Waals surface area (Å²) in [6.07, 6.45) is 1.62. The van der Waals surface area contributed by atoms with Crippen molar-refractivity contribution >= 4 is 5.91 Å². The van der Waals surface area contributed by atoms with E-state index in [1.54, 1.807) is 13.5 Å². The summed E-state index contributed by atoms with van der Waals surface area (Å²) in [4.78, 5) is 15.8. The van der Waals surface area contributed by atoms with Crippen molar-refractivity contribution in [2.24, 2.45) is 5.41 Å². The van der Waals surface area contributed by atoms with Gasteiger partial charge in [-0.2, -0.15) is 0 Å². The molecule has 0 aliphatic carbocycles. The van der Waals surface area contributed by atoms with E-state index in [-0.39, 0.29) is 11.3 Å². The van der Waals surface area contributed by atoms with E-state index in [1.807, 2.05) is 20.8 Å². The van der Waals surface area contributed by atoms with Crippen LogP contribution in [0.3, 0.4) is 0 Å². The highest BCUT2D eigenvalue weighted by Crippen LogP contribution is 2.17. The fourth-order valence-corrected chi connectivity index (χ4v) is 0.551. The van der Waals surface area contributed by atoms with E-state index in [0.717, 1.165) is 0 Å². The van der Waals surface area contributed by atoms with E-state index < -0.39 is 0 Å². The van der Waals surface area contributed by atoms with Crippen LogP contribution in [0.5, 0.6) is 0 Å². The largest absolute Gasteiger partial charge is 0.275 e. The fourth-order valence-electron chi connectivity index (χ4n) is 0.551. The molecule has 3 nitrogen and oxygen atoms in total. The first-order chi connectivity index (χ1) is 4.87. The van der Waals surface area contributed by atoms with Crippen molar-refractivity contribution in [3.63, 3.8) is 0 Å². The molecular weight excluding hydrogens is 142 g/mol. The third-order valence-corrected chi connectivity index (χ3v) is 1.14. The van der Waals surface area contributed by atoms with Crippen LogP contribution in [0, 0.1) is 11.8 Å². The lowest BCUT2D eigenvalue weighted by molar-refractivity contribution is -0.165. The third kappa shape index (κ3) is 4.79. The first-order valence-electron chi connectivity index (χ1n) is 3.54. The lowest BCUT2D eigenvalue weighted by Crippen LogP contribution is -2.29. The maximum Gasteiger partial charge on any atom is 0.250 e. The molecule has 11 heavy (non-hydrogen) atoms. The van der Waals surface area contributed by atoms with Gasteiger partial charge in [-0.15, -0.1) is 0 Å². The number of rotatable bonds is 2. The van der Waals surface area contributed by atoms with Crippen molar-refractivity contribution in [2.75, 3.05) is 14.2 Å². The van der Waals surface area contributed by atoms with E-state index in [1.165, 1.54) is 12.2 Å². The summed E-state index contributed by atoms with van der Waals surface area (Å²) in [6, 6.07) is 0. The van der Waals surface area contributed by atoms with Gasteiger partial charge in [-0.25, -0.2) is 5.06 Å². The van der Waals surface area contributed by atoms with Gasteiger partial charge in [0.2, 0.25) is 5.91 Å². The van der Waals surface area contributed by atoms with Gasteiger partial charge < -0.3 is 0 Å². The van der Waals surface area contributed by atoms with Crippen molar-refractivity contribution in [1.82, 2.24) is 5.06 Å². The summed E-state index contributed by atoms with van der Waals surface area (Å²) in [5.41, 5.74) is -0.0934. The van der Waals surface area contributed by atoms with Crippen molar-refractivity contribution in [3.05, 3.63) is 6.42 Å². The fraction of sp³-hybridized carbons (Fsp3) is 0.750. The number of amides is 1. The van der Waals surface area contributed by atoms with E-state index in [0.29, 0.717) is 0 Å². The Kier molecular flexibility index (Phi) is 3.52. The molecule has 0 aromatic heterocycles. The van der Waals surface area contributed by atoms with Gasteiger partial charge in [-0.3, -0.25) is 9.63 Å². The van der Waals surface area contributed by atoms with Crippen LogP contribution in [-0.2, 0) is 9.63 Å². The second-order valence-electron chi connectivity index (χ2n) is 3.53. The molecule has 0 aliphatic rings. The number of hydroxylamine groups is 2. The molecular formula is C8H16NO2. The zero-order valence-corrected chi connectivity index (χ0v) is 7.84. The number of hydrogen-bond acceptors (Lipinski definition) is 2. The highest BCUT2D eigenvalue weighted by Gasteiger charge is 2.19. The van der Waals surface area contributed by atoms with Crippen molar-refractivity contribution in [2.45, 2.75) is 20.8 Å². The van der Waals surface area contributed by atoms with Crippen LogP contribution in [0.2, 0.25) is 0 Å². The molecule has 3 heteroatoms. The quantitative estimate of drug-likeness (QED) is 0.566. The molecule has 0 heterocycles. The molecule has 0 aliphatic heterocycles. The van der Waals surface area contributed by atoms with Crippen LogP contribution < -0.4 is 0 Å². The normalized spacial score (nSPS) is 11.4. The molecule has 65 valence electrons. The Hall–Kier alpha value is -0.570. The summed E-state index contributed by atoms with van der Waals surface area (Å²) >= 11 is 0. The maximum atomic E-state index is 11.1. The van der Waals surface area contributed by atoms with E-state index in [2.05, 4.69) is 0 Å². The molecule has 0 aromatic rings. The van der Waals surface area contributed by atoms with Gasteiger partial charge in [0.1, 0.15) is 0 Å². The van der Waals surface area contributed by atoms with Gasteiger partial charge in [-0.05, 0) is 5.41 Å². The molecule has 0 bridgehead atoms. The Bertz CT molecular complexity index is 138. The Morgan fingerprint density at radius 3 is 2.18 bits per heavy atom. The molecule has 0 saturated heterocycles. The Balaban J connectivity index is 3.88. The van der Waals surface area contributed by atoms with Crippen LogP contribution in [-0.4, -0.2) is 25.1 Å². The van der Waals surface area contributed by atoms with Crippen LogP contribution >= 0.6 is 0 Å². The van der Waals surface area contributed by atoms with Gasteiger partial charge >= 0.3 is 0 Å². The second-order valence-corrected chi connectivity index (χ2v) is 3.53. The number of carbonyl (C=O) groups excluding carboxylic acids is 1. The van der Waals surface area contributed by atoms with Gasteiger partial charge in [0.15, 0.2) is 0 Å². The van der Waals surface area contributed by atoms with E-state index in [4.69, 9.17) is 4.84 Å². The monoisotopic (exact) mass is 158 g/mol. The van der Waals surface area contributed by atoms with Gasteiger partial charge in [0.25, 0.3) is 0 Å². The maximum absolute atomic E-state index is 11.1. The first kappa shape index (κ1) is 10.4. The standard InChI is InChI=1S/C8H16NO2/c1-8(2,3)6-7(10)9(4)11-5/h6H,1-5H3. The average Bonchev–Trinajstić information content (AvgIpc) is 1.82. The highest BCUT2D eigenvalue weighted by molar-refractivity contribution is 5.84. The van der Waals surface area contributed by atoms with E-state index >= 15 is 0 Å². The van der Waals surface area contributed by atoms with Crippen molar-refractivity contribution < 1.29 is 9.63 Å². The zero-order chi connectivity index (χ0) is 9.07. The highest BCUT2D eigenvalue weighted by atomic mass is 16.7. The third-order valence-electron chi connectivity index (χ3n) is 1.14. The SMILES string of the molecule is CON(C)C(=O)[CH]C(C)(C)C. The van der Waals surface area contributed by atoms with Gasteiger partial charge in [0.05, 0.1) is 13.5 Å². The number of hydrogen-bond donors (Lipinski definition) is 0. The molecule has 0 spiro atoms.